The van der Waals surface area contributed by atoms with Gasteiger partial charge in [0.25, 0.3) is 11.6 Å². The maximum absolute atomic E-state index is 11.1. The predicted octanol–water partition coefficient (Wildman–Crippen LogP) is 0.120. The zero-order valence-corrected chi connectivity index (χ0v) is 8.53. The van der Waals surface area contributed by atoms with E-state index in [1.54, 1.807) is 0 Å². The van der Waals surface area contributed by atoms with Gasteiger partial charge in [-0.15, -0.1) is 0 Å². The van der Waals surface area contributed by atoms with Crippen molar-refractivity contribution in [2.45, 2.75) is 6.17 Å². The van der Waals surface area contributed by atoms with Crippen LogP contribution in [-0.4, -0.2) is 32.8 Å². The fourth-order valence-corrected chi connectivity index (χ4v) is 1.61. The highest BCUT2D eigenvalue weighted by Gasteiger charge is 2.33. The van der Waals surface area contributed by atoms with Gasteiger partial charge in [-0.25, -0.2) is 5.06 Å². The molecule has 1 aliphatic heterocycles. The molecule has 0 bridgehead atoms. The highest BCUT2D eigenvalue weighted by Crippen LogP contribution is 2.31. The molecule has 1 aromatic carbocycles. The van der Waals surface area contributed by atoms with Crippen LogP contribution in [0.3, 0.4) is 0 Å². The van der Waals surface area contributed by atoms with Crippen molar-refractivity contribution in [3.8, 4) is 5.75 Å². The highest BCUT2D eigenvalue weighted by atomic mass is 16.6. The molecule has 0 spiro atoms. The lowest BCUT2D eigenvalue weighted by atomic mass is 10.1. The van der Waals surface area contributed by atoms with Gasteiger partial charge in [-0.1, -0.05) is 0 Å². The van der Waals surface area contributed by atoms with E-state index >= 15 is 0 Å². The van der Waals surface area contributed by atoms with Crippen LogP contribution in [0.1, 0.15) is 11.7 Å². The van der Waals surface area contributed by atoms with Gasteiger partial charge in [0.1, 0.15) is 11.9 Å². The molecule has 1 amide bonds. The summed E-state index contributed by atoms with van der Waals surface area (Å²) in [6, 6.07) is 3.39. The number of aromatic hydroxyl groups is 1. The first-order valence-corrected chi connectivity index (χ1v) is 4.72. The number of benzene rings is 1. The van der Waals surface area contributed by atoms with Crippen LogP contribution in [0.15, 0.2) is 18.2 Å². The van der Waals surface area contributed by atoms with Gasteiger partial charge < -0.3 is 5.11 Å². The van der Waals surface area contributed by atoms with Crippen molar-refractivity contribution in [3.63, 3.8) is 0 Å². The fraction of sp³-hybridized carbons (Fsp3) is 0.222. The second kappa shape index (κ2) is 4.00. The summed E-state index contributed by atoms with van der Waals surface area (Å²) in [5.74, 6) is -0.803. The number of nitrogens with zero attached hydrogens (tertiary/aromatic N) is 2. The molecule has 1 fully saturated rings. The Morgan fingerprint density at radius 1 is 1.53 bits per heavy atom. The van der Waals surface area contributed by atoms with Crippen LogP contribution >= 0.6 is 0 Å². The lowest BCUT2D eigenvalue weighted by Gasteiger charge is -2.18. The Hall–Kier alpha value is -2.19. The van der Waals surface area contributed by atoms with E-state index in [2.05, 4.69) is 5.32 Å². The summed E-state index contributed by atoms with van der Waals surface area (Å²) < 4.78 is 0. The van der Waals surface area contributed by atoms with E-state index in [1.807, 2.05) is 0 Å². The van der Waals surface area contributed by atoms with E-state index in [4.69, 9.17) is 0 Å². The number of nitrogens with one attached hydrogen (secondary N) is 1. The maximum atomic E-state index is 11.1. The predicted molar refractivity (Wildman–Crippen MR) is 54.1 cm³/mol. The van der Waals surface area contributed by atoms with Crippen LogP contribution in [0.2, 0.25) is 0 Å². The van der Waals surface area contributed by atoms with Crippen LogP contribution in [0.25, 0.3) is 0 Å². The molecule has 3 N–H and O–H groups in total. The number of carbonyl (C=O) groups excluding carboxylic acids is 1. The van der Waals surface area contributed by atoms with Gasteiger partial charge in [0.2, 0.25) is 0 Å². The second-order valence-corrected chi connectivity index (χ2v) is 3.52. The van der Waals surface area contributed by atoms with E-state index in [0.29, 0.717) is 5.06 Å². The Morgan fingerprint density at radius 3 is 2.76 bits per heavy atom. The molecule has 1 heterocycles. The third-order valence-electron chi connectivity index (χ3n) is 2.46. The van der Waals surface area contributed by atoms with E-state index in [0.717, 1.165) is 18.2 Å². The Bertz CT molecular complexity index is 490. The minimum Gasteiger partial charge on any atom is -0.508 e. The number of rotatable bonds is 2. The number of nitro benzene ring substituents is 1. The van der Waals surface area contributed by atoms with Gasteiger partial charge in [0.15, 0.2) is 0 Å². The quantitative estimate of drug-likeness (QED) is 0.383. The number of carbonyl (C=O) groups is 1. The van der Waals surface area contributed by atoms with Crippen LogP contribution < -0.4 is 5.32 Å². The summed E-state index contributed by atoms with van der Waals surface area (Å²) in [7, 11) is 0. The first-order chi connectivity index (χ1) is 8.00. The smallest absolute Gasteiger partial charge is 0.270 e. The lowest BCUT2D eigenvalue weighted by molar-refractivity contribution is -0.385. The molecule has 1 atom stereocenters. The molecular weight excluding hydrogens is 230 g/mol. The van der Waals surface area contributed by atoms with Gasteiger partial charge >= 0.3 is 0 Å². The number of hydrogen-bond acceptors (Lipinski definition) is 6. The lowest BCUT2D eigenvalue weighted by Crippen LogP contribution is -2.26. The van der Waals surface area contributed by atoms with Crippen LogP contribution in [0.4, 0.5) is 5.69 Å². The minimum atomic E-state index is -0.970. The fourth-order valence-electron chi connectivity index (χ4n) is 1.61. The van der Waals surface area contributed by atoms with Gasteiger partial charge in [-0.3, -0.25) is 25.4 Å². The minimum absolute atomic E-state index is 0.0764. The summed E-state index contributed by atoms with van der Waals surface area (Å²) in [6.07, 6.45) is -0.970. The first kappa shape index (κ1) is 11.3. The van der Waals surface area contributed by atoms with Crippen molar-refractivity contribution in [2.75, 3.05) is 6.54 Å². The van der Waals surface area contributed by atoms with Gasteiger partial charge in [0, 0.05) is 17.7 Å². The van der Waals surface area contributed by atoms with Crippen molar-refractivity contribution >= 4 is 11.6 Å². The van der Waals surface area contributed by atoms with Gasteiger partial charge in [-0.05, 0) is 6.07 Å². The molecule has 0 aromatic heterocycles. The van der Waals surface area contributed by atoms with Gasteiger partial charge in [-0.2, -0.15) is 0 Å². The van der Waals surface area contributed by atoms with Crippen LogP contribution in [0.5, 0.6) is 5.75 Å². The summed E-state index contributed by atoms with van der Waals surface area (Å²) in [6.45, 7) is -0.0939. The molecule has 0 aliphatic carbocycles. The van der Waals surface area contributed by atoms with E-state index in [9.17, 15) is 25.2 Å². The molecule has 1 saturated heterocycles. The first-order valence-electron chi connectivity index (χ1n) is 4.72. The maximum Gasteiger partial charge on any atom is 0.270 e. The van der Waals surface area contributed by atoms with E-state index in [1.165, 1.54) is 0 Å². The Balaban J connectivity index is 2.41. The number of phenolic OH excluding ortho intramolecular Hbond substituents is 1. The summed E-state index contributed by atoms with van der Waals surface area (Å²) >= 11 is 0. The monoisotopic (exact) mass is 239 g/mol. The van der Waals surface area contributed by atoms with Crippen molar-refractivity contribution in [1.82, 2.24) is 10.4 Å². The van der Waals surface area contributed by atoms with Crippen molar-refractivity contribution < 1.29 is 20.0 Å². The van der Waals surface area contributed by atoms with E-state index < -0.39 is 17.0 Å². The van der Waals surface area contributed by atoms with Crippen molar-refractivity contribution in [1.29, 1.82) is 0 Å². The van der Waals surface area contributed by atoms with Gasteiger partial charge in [0.05, 0.1) is 11.5 Å². The van der Waals surface area contributed by atoms with Crippen LogP contribution in [0, 0.1) is 10.1 Å². The molecule has 1 unspecified atom stereocenters. The zero-order chi connectivity index (χ0) is 12.6. The standard InChI is InChI=1S/C9H9N3O5/c13-7-2-1-5(12(16)17)3-6(7)9-10-4-8(14)11(9)15/h1-3,9-10,13,15H,4H2. The average Bonchev–Trinajstić information content (AvgIpc) is 2.60. The molecule has 2 rings (SSSR count). The number of hydrogen-bond donors (Lipinski definition) is 3. The molecule has 17 heavy (non-hydrogen) atoms. The molecule has 90 valence electrons. The summed E-state index contributed by atoms with van der Waals surface area (Å²) in [4.78, 5) is 21.0. The number of nitro groups is 1. The molecule has 8 heteroatoms. The Labute approximate surface area is 95.2 Å². The van der Waals surface area contributed by atoms with Crippen molar-refractivity contribution in [2.24, 2.45) is 0 Å². The molecule has 0 saturated carbocycles. The Morgan fingerprint density at radius 2 is 2.24 bits per heavy atom. The molecule has 1 aliphatic rings. The van der Waals surface area contributed by atoms with Crippen LogP contribution in [-0.2, 0) is 4.79 Å². The highest BCUT2D eigenvalue weighted by molar-refractivity contribution is 5.79. The second-order valence-electron chi connectivity index (χ2n) is 3.52. The number of amides is 1. The number of hydroxylamine groups is 2. The van der Waals surface area contributed by atoms with Crippen molar-refractivity contribution in [3.05, 3.63) is 33.9 Å². The third-order valence-corrected chi connectivity index (χ3v) is 2.46. The number of phenols is 1. The molecule has 0 radical (unpaired) electrons. The number of non-ortho nitro benzene ring substituents is 1. The largest absolute Gasteiger partial charge is 0.508 e. The topological polar surface area (TPSA) is 116 Å². The normalized spacial score (nSPS) is 19.7. The zero-order valence-electron chi connectivity index (χ0n) is 8.53. The summed E-state index contributed by atoms with van der Waals surface area (Å²) in [5, 5.41) is 32.6. The molecular formula is C9H9N3O5. The molecule has 1 aromatic rings. The molecule has 8 nitrogen and oxygen atoms in total. The third kappa shape index (κ3) is 1.90. The van der Waals surface area contributed by atoms with E-state index in [-0.39, 0.29) is 23.5 Å². The SMILES string of the molecule is O=C1CNC(c2cc([N+](=O)[O-])ccc2O)N1O. The summed E-state index contributed by atoms with van der Waals surface area (Å²) in [5.41, 5.74) is -0.153. The Kier molecular flexibility index (Phi) is 2.66. The average molecular weight is 239 g/mol.